The molecular weight excluding hydrogens is 270 g/mol. The second-order valence-electron chi connectivity index (χ2n) is 3.29. The Hall–Kier alpha value is 0.910. The maximum absolute atomic E-state index is 10.5. The average molecular weight is 283 g/mol. The molecule has 17 heavy (non-hydrogen) atoms. The molecule has 1 fully saturated rings. The predicted octanol–water partition coefficient (Wildman–Crippen LogP) is -3.49. The maximum Gasteiger partial charge on any atom is 0.472 e. The largest absolute Gasteiger partial charge is 0.472 e. The van der Waals surface area contributed by atoms with Crippen molar-refractivity contribution in [2.24, 2.45) is 0 Å². The predicted molar refractivity (Wildman–Crippen MR) is 52.7 cm³/mol. The summed E-state index contributed by atoms with van der Waals surface area (Å²) in [7, 11) is -4.91. The molecule has 1 heterocycles. The molecule has 6 N–H and O–H groups in total. The first kappa shape index (κ1) is 17.9. The summed E-state index contributed by atoms with van der Waals surface area (Å²) in [6, 6.07) is 0. The molecule has 1 saturated heterocycles. The molecule has 5 atom stereocenters. The minimum absolute atomic E-state index is 0. The van der Waals surface area contributed by atoms with Gasteiger partial charge in [-0.25, -0.2) is 4.57 Å². The number of phosphoric ester groups is 1. The van der Waals surface area contributed by atoms with E-state index in [0.717, 1.165) is 0 Å². The van der Waals surface area contributed by atoms with Crippen molar-refractivity contribution in [3.63, 3.8) is 0 Å². The van der Waals surface area contributed by atoms with Crippen molar-refractivity contribution in [2.45, 2.75) is 30.7 Å². The Balaban J connectivity index is 0.00000256. The van der Waals surface area contributed by atoms with E-state index in [2.05, 4.69) is 9.26 Å². The molecule has 5 unspecified atom stereocenters. The number of hydrogen-bond donors (Lipinski definition) is 6. The quantitative estimate of drug-likeness (QED) is 0.228. The summed E-state index contributed by atoms with van der Waals surface area (Å²) < 4.78 is 19.2. The Morgan fingerprint density at radius 1 is 1.12 bits per heavy atom. The monoisotopic (exact) mass is 283 g/mol. The van der Waals surface area contributed by atoms with Gasteiger partial charge in [0.2, 0.25) is 0 Å². The van der Waals surface area contributed by atoms with Crippen LogP contribution in [0.25, 0.3) is 0 Å². The topological polar surface area (TPSA) is 157 Å². The van der Waals surface area contributed by atoms with Crippen LogP contribution in [0.5, 0.6) is 0 Å². The molecule has 0 bridgehead atoms. The van der Waals surface area contributed by atoms with Gasteiger partial charge in [0, 0.05) is 29.6 Å². The first-order valence-electron chi connectivity index (χ1n) is 4.30. The smallest absolute Gasteiger partial charge is 0.394 e. The first-order chi connectivity index (χ1) is 7.26. The van der Waals surface area contributed by atoms with E-state index in [1.54, 1.807) is 0 Å². The molecule has 1 aliphatic heterocycles. The van der Waals surface area contributed by atoms with Gasteiger partial charge in [-0.15, -0.1) is 0 Å². The standard InChI is InChI=1S/C6H13O9P.Na/c7-1-2-3(8)4(9)5(10)6(14-2)15-16(11,12)13;/h2-10H,1H2,(H2,11,12,13);. The molecule has 0 saturated carbocycles. The van der Waals surface area contributed by atoms with Crippen LogP contribution in [0.1, 0.15) is 0 Å². The van der Waals surface area contributed by atoms with Crippen LogP contribution in [-0.2, 0) is 13.8 Å². The van der Waals surface area contributed by atoms with Gasteiger partial charge >= 0.3 is 7.82 Å². The molecular formula is C6H13NaO9P. The fourth-order valence-corrected chi connectivity index (χ4v) is 1.73. The van der Waals surface area contributed by atoms with E-state index in [1.165, 1.54) is 0 Å². The second-order valence-corrected chi connectivity index (χ2v) is 4.49. The Labute approximate surface area is 119 Å². The molecule has 0 aromatic heterocycles. The molecule has 0 aliphatic carbocycles. The molecule has 0 aromatic rings. The Morgan fingerprint density at radius 3 is 2.06 bits per heavy atom. The van der Waals surface area contributed by atoms with Crippen LogP contribution in [0.15, 0.2) is 0 Å². The summed E-state index contributed by atoms with van der Waals surface area (Å²) in [5.41, 5.74) is 0. The van der Waals surface area contributed by atoms with Crippen molar-refractivity contribution in [1.29, 1.82) is 0 Å². The Kier molecular flexibility index (Phi) is 7.27. The summed E-state index contributed by atoms with van der Waals surface area (Å²) in [6.45, 7) is -0.702. The zero-order valence-electron chi connectivity index (χ0n) is 8.95. The van der Waals surface area contributed by atoms with Crippen LogP contribution >= 0.6 is 7.82 Å². The van der Waals surface area contributed by atoms with E-state index in [9.17, 15) is 19.9 Å². The van der Waals surface area contributed by atoms with Crippen molar-refractivity contribution in [3.05, 3.63) is 0 Å². The summed E-state index contributed by atoms with van der Waals surface area (Å²) >= 11 is 0. The van der Waals surface area contributed by atoms with E-state index in [1.807, 2.05) is 0 Å². The average Bonchev–Trinajstić information content (AvgIpc) is 2.17. The Bertz CT molecular complexity index is 281. The molecule has 1 aliphatic rings. The number of ether oxygens (including phenoxy) is 1. The van der Waals surface area contributed by atoms with Gasteiger partial charge in [-0.1, -0.05) is 0 Å². The fourth-order valence-electron chi connectivity index (χ4n) is 1.29. The second kappa shape index (κ2) is 6.90. The van der Waals surface area contributed by atoms with Crippen LogP contribution in [0.4, 0.5) is 0 Å². The fraction of sp³-hybridized carbons (Fsp3) is 1.00. The van der Waals surface area contributed by atoms with Gasteiger partial charge in [-0.3, -0.25) is 4.52 Å². The molecule has 11 heteroatoms. The third-order valence-corrected chi connectivity index (χ3v) is 2.57. The van der Waals surface area contributed by atoms with Gasteiger partial charge in [-0.05, 0) is 0 Å². The van der Waals surface area contributed by atoms with Gasteiger partial charge in [0.15, 0.2) is 6.29 Å². The number of phosphoric acid groups is 1. The van der Waals surface area contributed by atoms with Gasteiger partial charge < -0.3 is 34.9 Å². The number of aliphatic hydroxyl groups excluding tert-OH is 4. The van der Waals surface area contributed by atoms with Gasteiger partial charge in [-0.2, -0.15) is 0 Å². The van der Waals surface area contributed by atoms with Crippen LogP contribution < -0.4 is 0 Å². The van der Waals surface area contributed by atoms with E-state index in [-0.39, 0.29) is 29.6 Å². The van der Waals surface area contributed by atoms with Crippen LogP contribution in [-0.4, -0.2) is 97.1 Å². The van der Waals surface area contributed by atoms with Gasteiger partial charge in [0.05, 0.1) is 6.61 Å². The van der Waals surface area contributed by atoms with Gasteiger partial charge in [0.1, 0.15) is 24.4 Å². The molecule has 0 aromatic carbocycles. The third-order valence-electron chi connectivity index (χ3n) is 2.09. The third kappa shape index (κ3) is 4.83. The zero-order valence-corrected chi connectivity index (χ0v) is 11.8. The van der Waals surface area contributed by atoms with Crippen molar-refractivity contribution < 1.29 is 44.0 Å². The number of aliphatic hydroxyl groups is 4. The SMILES string of the molecule is O=P(O)(O)OC1OC(CO)C(O)C(O)C1O.[Na]. The minimum Gasteiger partial charge on any atom is -0.394 e. The van der Waals surface area contributed by atoms with Gasteiger partial charge in [0.25, 0.3) is 0 Å². The maximum atomic E-state index is 10.5. The molecule has 97 valence electrons. The van der Waals surface area contributed by atoms with Crippen molar-refractivity contribution in [1.82, 2.24) is 0 Å². The first-order valence-corrected chi connectivity index (χ1v) is 5.83. The number of hydrogen-bond acceptors (Lipinski definition) is 7. The molecule has 1 rings (SSSR count). The number of rotatable bonds is 3. The molecule has 0 spiro atoms. The summed E-state index contributed by atoms with van der Waals surface area (Å²) in [5, 5.41) is 36.6. The normalized spacial score (nSPS) is 38.6. The van der Waals surface area contributed by atoms with E-state index in [0.29, 0.717) is 0 Å². The molecule has 0 amide bonds. The summed E-state index contributed by atoms with van der Waals surface area (Å²) in [5.74, 6) is 0. The van der Waals surface area contributed by atoms with E-state index < -0.39 is 45.1 Å². The van der Waals surface area contributed by atoms with Crippen molar-refractivity contribution in [3.8, 4) is 0 Å². The Morgan fingerprint density at radius 2 is 1.65 bits per heavy atom. The zero-order chi connectivity index (χ0) is 12.5. The van der Waals surface area contributed by atoms with Crippen LogP contribution in [0.3, 0.4) is 0 Å². The van der Waals surface area contributed by atoms with Crippen molar-refractivity contribution >= 4 is 37.4 Å². The summed E-state index contributed by atoms with van der Waals surface area (Å²) in [4.78, 5) is 17.0. The molecule has 1 radical (unpaired) electrons. The van der Waals surface area contributed by atoms with E-state index in [4.69, 9.17) is 14.9 Å². The molecule has 9 nitrogen and oxygen atoms in total. The van der Waals surface area contributed by atoms with Crippen LogP contribution in [0.2, 0.25) is 0 Å². The van der Waals surface area contributed by atoms with Crippen LogP contribution in [0, 0.1) is 0 Å². The summed E-state index contributed by atoms with van der Waals surface area (Å²) in [6.07, 6.45) is -8.25. The minimum atomic E-state index is -4.91. The van der Waals surface area contributed by atoms with Crippen molar-refractivity contribution in [2.75, 3.05) is 6.61 Å². The van der Waals surface area contributed by atoms with E-state index >= 15 is 0 Å².